The molecule has 1 amide bonds. The molecule has 0 aliphatic carbocycles. The van der Waals surface area contributed by atoms with Crippen molar-refractivity contribution in [2.75, 3.05) is 19.0 Å². The maximum absolute atomic E-state index is 11.8. The van der Waals surface area contributed by atoms with E-state index in [1.807, 2.05) is 36.4 Å². The summed E-state index contributed by atoms with van der Waals surface area (Å²) in [6, 6.07) is 16.8. The molecule has 0 radical (unpaired) electrons. The first-order valence-electron chi connectivity index (χ1n) is 7.35. The molecular weight excluding hydrogens is 290 g/mol. The van der Waals surface area contributed by atoms with Crippen molar-refractivity contribution in [3.05, 3.63) is 59.7 Å². The van der Waals surface area contributed by atoms with Gasteiger partial charge in [0.1, 0.15) is 5.75 Å². The number of carbonyl (C=O) groups is 1. The van der Waals surface area contributed by atoms with E-state index < -0.39 is 0 Å². The highest BCUT2D eigenvalue weighted by atomic mass is 16.5. The Labute approximate surface area is 135 Å². The fourth-order valence-electron chi connectivity index (χ4n) is 2.02. The van der Waals surface area contributed by atoms with Crippen LogP contribution in [0.4, 0.5) is 5.69 Å². The summed E-state index contributed by atoms with van der Waals surface area (Å²) in [5.74, 6) is 0.786. The summed E-state index contributed by atoms with van der Waals surface area (Å²) in [6.07, 6.45) is 0.385. The number of rotatable bonds is 7. The smallest absolute Gasteiger partial charge is 0.222 e. The lowest BCUT2D eigenvalue weighted by Crippen LogP contribution is -2.24. The summed E-state index contributed by atoms with van der Waals surface area (Å²) < 4.78 is 5.09. The van der Waals surface area contributed by atoms with Crippen molar-refractivity contribution in [2.24, 2.45) is 0 Å². The van der Waals surface area contributed by atoms with Gasteiger partial charge < -0.3 is 15.4 Å². The summed E-state index contributed by atoms with van der Waals surface area (Å²) in [5, 5.41) is 14.8. The molecule has 2 aromatic rings. The molecule has 0 heterocycles. The Hall–Kier alpha value is -3.00. The van der Waals surface area contributed by atoms with Gasteiger partial charge in [0, 0.05) is 25.2 Å². The molecule has 0 atom stereocenters. The number of methoxy groups -OCH3 is 1. The summed E-state index contributed by atoms with van der Waals surface area (Å²) in [7, 11) is 1.62. The zero-order chi connectivity index (χ0) is 16.5. The van der Waals surface area contributed by atoms with Crippen LogP contribution in [0.15, 0.2) is 48.5 Å². The third kappa shape index (κ3) is 5.36. The van der Waals surface area contributed by atoms with Gasteiger partial charge in [0.25, 0.3) is 0 Å². The number of nitrogens with one attached hydrogen (secondary N) is 2. The van der Waals surface area contributed by atoms with E-state index in [0.717, 1.165) is 17.0 Å². The number of ether oxygens (including phenoxy) is 1. The number of hydrogen-bond acceptors (Lipinski definition) is 4. The van der Waals surface area contributed by atoms with E-state index in [2.05, 4.69) is 16.7 Å². The Kier molecular flexibility index (Phi) is 6.01. The lowest BCUT2D eigenvalue weighted by Gasteiger charge is -2.08. The number of nitrogens with zero attached hydrogens (tertiary/aromatic N) is 1. The Bertz CT molecular complexity index is 673. The van der Waals surface area contributed by atoms with Crippen molar-refractivity contribution in [1.82, 2.24) is 5.32 Å². The molecule has 0 fully saturated rings. The van der Waals surface area contributed by atoms with Crippen LogP contribution >= 0.6 is 0 Å². The maximum Gasteiger partial charge on any atom is 0.222 e. The quantitative estimate of drug-likeness (QED) is 0.824. The van der Waals surface area contributed by atoms with Crippen molar-refractivity contribution in [3.63, 3.8) is 0 Å². The van der Waals surface area contributed by atoms with E-state index >= 15 is 0 Å². The average Bonchev–Trinajstić information content (AvgIpc) is 2.61. The van der Waals surface area contributed by atoms with E-state index in [1.165, 1.54) is 0 Å². The first-order chi connectivity index (χ1) is 11.2. The molecule has 0 saturated carbocycles. The molecule has 0 aliphatic heterocycles. The highest BCUT2D eigenvalue weighted by molar-refractivity contribution is 5.76. The number of benzene rings is 2. The van der Waals surface area contributed by atoms with E-state index in [9.17, 15) is 4.79 Å². The van der Waals surface area contributed by atoms with Crippen molar-refractivity contribution in [1.29, 1.82) is 5.26 Å². The van der Waals surface area contributed by atoms with E-state index in [-0.39, 0.29) is 5.91 Å². The number of anilines is 1. The Morgan fingerprint density at radius 3 is 2.43 bits per heavy atom. The topological polar surface area (TPSA) is 74.2 Å². The van der Waals surface area contributed by atoms with Gasteiger partial charge in [-0.15, -0.1) is 0 Å². The molecule has 5 heteroatoms. The van der Waals surface area contributed by atoms with Crippen molar-refractivity contribution < 1.29 is 9.53 Å². The van der Waals surface area contributed by atoms with Crippen molar-refractivity contribution in [3.8, 4) is 11.8 Å². The highest BCUT2D eigenvalue weighted by Crippen LogP contribution is 2.11. The van der Waals surface area contributed by atoms with Crippen LogP contribution in [0, 0.1) is 11.3 Å². The van der Waals surface area contributed by atoms with E-state index in [4.69, 9.17) is 10.00 Å². The maximum atomic E-state index is 11.8. The zero-order valence-corrected chi connectivity index (χ0v) is 13.0. The molecule has 2 N–H and O–H groups in total. The predicted octanol–water partition coefficient (Wildman–Crippen LogP) is 2.69. The van der Waals surface area contributed by atoms with Gasteiger partial charge in [0.2, 0.25) is 5.91 Å². The molecule has 0 aromatic heterocycles. The summed E-state index contributed by atoms with van der Waals surface area (Å²) in [5.41, 5.74) is 2.54. The summed E-state index contributed by atoms with van der Waals surface area (Å²) in [4.78, 5) is 11.8. The summed E-state index contributed by atoms with van der Waals surface area (Å²) in [6.45, 7) is 1.04. The van der Waals surface area contributed by atoms with Crippen LogP contribution in [-0.2, 0) is 11.3 Å². The van der Waals surface area contributed by atoms with Gasteiger partial charge in [-0.25, -0.2) is 0 Å². The second-order valence-corrected chi connectivity index (χ2v) is 4.99. The molecule has 2 aromatic carbocycles. The van der Waals surface area contributed by atoms with Gasteiger partial charge in [0.05, 0.1) is 18.7 Å². The number of amides is 1. The van der Waals surface area contributed by atoms with Crippen LogP contribution in [0.2, 0.25) is 0 Å². The van der Waals surface area contributed by atoms with Gasteiger partial charge in [0.15, 0.2) is 0 Å². The zero-order valence-electron chi connectivity index (χ0n) is 13.0. The van der Waals surface area contributed by atoms with Crippen molar-refractivity contribution in [2.45, 2.75) is 13.0 Å². The summed E-state index contributed by atoms with van der Waals surface area (Å²) >= 11 is 0. The number of nitriles is 1. The first-order valence-corrected chi connectivity index (χ1v) is 7.35. The van der Waals surface area contributed by atoms with E-state index in [1.54, 1.807) is 19.2 Å². The fraction of sp³-hybridized carbons (Fsp3) is 0.222. The van der Waals surface area contributed by atoms with Crippen LogP contribution < -0.4 is 15.4 Å². The van der Waals surface area contributed by atoms with Gasteiger partial charge in [-0.2, -0.15) is 5.26 Å². The minimum absolute atomic E-state index is 0.0121. The van der Waals surface area contributed by atoms with Crippen molar-refractivity contribution >= 4 is 11.6 Å². The predicted molar refractivity (Wildman–Crippen MR) is 89.1 cm³/mol. The molecule has 23 heavy (non-hydrogen) atoms. The van der Waals surface area contributed by atoms with Crippen LogP contribution in [0.25, 0.3) is 0 Å². The van der Waals surface area contributed by atoms with Gasteiger partial charge in [-0.1, -0.05) is 12.1 Å². The van der Waals surface area contributed by atoms with Gasteiger partial charge in [-0.05, 0) is 42.0 Å². The van der Waals surface area contributed by atoms with Crippen LogP contribution in [0.5, 0.6) is 5.75 Å². The third-order valence-corrected chi connectivity index (χ3v) is 3.34. The molecule has 0 saturated heterocycles. The van der Waals surface area contributed by atoms with Crippen LogP contribution in [0.1, 0.15) is 17.5 Å². The Morgan fingerprint density at radius 1 is 1.13 bits per heavy atom. The van der Waals surface area contributed by atoms with Gasteiger partial charge in [-0.3, -0.25) is 4.79 Å². The third-order valence-electron chi connectivity index (χ3n) is 3.34. The highest BCUT2D eigenvalue weighted by Gasteiger charge is 2.02. The minimum atomic E-state index is -0.0121. The SMILES string of the molecule is COc1ccc(CNC(=O)CCNc2ccc(C#N)cc2)cc1. The molecule has 0 bridgehead atoms. The first kappa shape index (κ1) is 16.4. The number of carbonyl (C=O) groups excluding carboxylic acids is 1. The molecule has 2 rings (SSSR count). The standard InChI is InChI=1S/C18H19N3O2/c1-23-17-8-4-15(5-9-17)13-21-18(22)10-11-20-16-6-2-14(12-19)3-7-16/h2-9,20H,10-11,13H2,1H3,(H,21,22). The van der Waals surface area contributed by atoms with Crippen LogP contribution in [0.3, 0.4) is 0 Å². The molecule has 0 unspecified atom stereocenters. The molecule has 118 valence electrons. The van der Waals surface area contributed by atoms with E-state index in [0.29, 0.717) is 25.1 Å². The molecular formula is C18H19N3O2. The van der Waals surface area contributed by atoms with Crippen LogP contribution in [-0.4, -0.2) is 19.6 Å². The lowest BCUT2D eigenvalue weighted by molar-refractivity contribution is -0.121. The Morgan fingerprint density at radius 2 is 1.83 bits per heavy atom. The Balaban J connectivity index is 1.69. The minimum Gasteiger partial charge on any atom is -0.497 e. The second-order valence-electron chi connectivity index (χ2n) is 4.99. The molecule has 0 aliphatic rings. The molecule has 0 spiro atoms. The number of hydrogen-bond donors (Lipinski definition) is 2. The van der Waals surface area contributed by atoms with Gasteiger partial charge >= 0.3 is 0 Å². The fourth-order valence-corrected chi connectivity index (χ4v) is 2.02. The second kappa shape index (κ2) is 8.44. The average molecular weight is 309 g/mol. The monoisotopic (exact) mass is 309 g/mol. The lowest BCUT2D eigenvalue weighted by atomic mass is 10.2. The normalized spacial score (nSPS) is 9.74. The largest absolute Gasteiger partial charge is 0.497 e. The molecule has 5 nitrogen and oxygen atoms in total.